The number of hydrogen-bond donors (Lipinski definition) is 1. The van der Waals surface area contributed by atoms with Gasteiger partial charge in [-0.1, -0.05) is 6.07 Å². The molecule has 0 amide bonds. The molecule has 0 bridgehead atoms. The van der Waals surface area contributed by atoms with E-state index in [1.807, 2.05) is 19.9 Å². The topological polar surface area (TPSA) is 67.5 Å². The molecule has 2 N–H and O–H groups in total. The van der Waals surface area contributed by atoms with Gasteiger partial charge in [0.1, 0.15) is 0 Å². The Labute approximate surface area is 109 Å². The second-order valence-electron chi connectivity index (χ2n) is 2.69. The maximum absolute atomic E-state index is 9.59. The van der Waals surface area contributed by atoms with Gasteiger partial charge in [0, 0.05) is 10.6 Å². The first-order valence-electron chi connectivity index (χ1n) is 3.65. The average molecular weight is 223 g/mol. The van der Waals surface area contributed by atoms with Gasteiger partial charge in [-0.2, -0.15) is 4.33 Å². The van der Waals surface area contributed by atoms with Gasteiger partial charge in [-0.25, -0.2) is 0 Å². The number of nitrogens with two attached hydrogens (primary N) is 1. The van der Waals surface area contributed by atoms with Crippen LogP contribution in [-0.4, -0.2) is 0 Å². The van der Waals surface area contributed by atoms with Gasteiger partial charge >= 0.3 is 29.6 Å². The van der Waals surface area contributed by atoms with Crippen molar-refractivity contribution in [1.82, 2.24) is 0 Å². The van der Waals surface area contributed by atoms with Crippen LogP contribution in [0.4, 0.5) is 5.69 Å². The molecular formula is C8H10NNaO3S. The summed E-state index contributed by atoms with van der Waals surface area (Å²) in [4.78, 5) is 0.777. The van der Waals surface area contributed by atoms with Crippen molar-refractivity contribution in [2.45, 2.75) is 18.7 Å². The molecule has 6 heteroatoms. The number of hydrogen-bond acceptors (Lipinski definition) is 5. The number of aryl methyl sites for hydroxylation is 2. The van der Waals surface area contributed by atoms with Crippen molar-refractivity contribution in [3.8, 4) is 0 Å². The van der Waals surface area contributed by atoms with Crippen LogP contribution in [0.5, 0.6) is 0 Å². The number of nitrogen functional groups attached to an aromatic ring is 1. The summed E-state index contributed by atoms with van der Waals surface area (Å²) in [5.74, 6) is 0. The van der Waals surface area contributed by atoms with Crippen LogP contribution in [0.1, 0.15) is 11.1 Å². The van der Waals surface area contributed by atoms with Crippen LogP contribution in [0.2, 0.25) is 0 Å². The standard InChI is InChI=1S/C8H11NO3S.Na/c1-5-3-6(2)8(4-7(5)9)13-12-11-10;/h3-4,10H,9H2,1-2H3;/q;+1/p-1. The molecule has 0 fully saturated rings. The number of benzene rings is 1. The van der Waals surface area contributed by atoms with E-state index < -0.39 is 0 Å². The molecule has 0 radical (unpaired) electrons. The van der Waals surface area contributed by atoms with E-state index in [9.17, 15) is 5.26 Å². The summed E-state index contributed by atoms with van der Waals surface area (Å²) < 4.78 is 4.20. The molecule has 0 heterocycles. The van der Waals surface area contributed by atoms with Crippen LogP contribution in [-0.2, 0) is 9.37 Å². The van der Waals surface area contributed by atoms with E-state index in [2.05, 4.69) is 9.37 Å². The van der Waals surface area contributed by atoms with Gasteiger partial charge in [0.25, 0.3) is 0 Å². The first kappa shape index (κ1) is 14.2. The second kappa shape index (κ2) is 6.68. The molecule has 0 aliphatic heterocycles. The molecule has 1 aromatic rings. The molecule has 0 saturated carbocycles. The fourth-order valence-electron chi connectivity index (χ4n) is 0.988. The molecule has 0 aliphatic rings. The van der Waals surface area contributed by atoms with Gasteiger partial charge in [-0.15, -0.1) is 0 Å². The van der Waals surface area contributed by atoms with E-state index >= 15 is 0 Å². The first-order valence-corrected chi connectivity index (χ1v) is 4.39. The van der Waals surface area contributed by atoms with Gasteiger partial charge in [0.15, 0.2) is 0 Å². The largest absolute Gasteiger partial charge is 1.00 e. The molecule has 0 saturated heterocycles. The maximum atomic E-state index is 9.59. The van der Waals surface area contributed by atoms with Crippen molar-refractivity contribution in [3.05, 3.63) is 23.3 Å². The SMILES string of the molecule is Cc1cc(C)c(SOO[O-])cc1N.[Na+]. The van der Waals surface area contributed by atoms with Crippen LogP contribution >= 0.6 is 12.0 Å². The van der Waals surface area contributed by atoms with Gasteiger partial charge in [0.05, 0.1) is 12.0 Å². The van der Waals surface area contributed by atoms with E-state index in [4.69, 9.17) is 5.73 Å². The predicted octanol–water partition coefficient (Wildman–Crippen LogP) is -1.88. The summed E-state index contributed by atoms with van der Waals surface area (Å²) in [7, 11) is 0. The molecule has 0 aliphatic carbocycles. The summed E-state index contributed by atoms with van der Waals surface area (Å²) in [6.45, 7) is 3.82. The van der Waals surface area contributed by atoms with Gasteiger partial charge in [0.2, 0.25) is 0 Å². The van der Waals surface area contributed by atoms with Gasteiger partial charge in [-0.05, 0) is 31.0 Å². The monoisotopic (exact) mass is 223 g/mol. The van der Waals surface area contributed by atoms with Crippen molar-refractivity contribution in [2.24, 2.45) is 0 Å². The minimum Gasteiger partial charge on any atom is -0.691 e. The Morgan fingerprint density at radius 2 is 1.93 bits per heavy atom. The molecule has 1 aromatic carbocycles. The molecule has 0 spiro atoms. The van der Waals surface area contributed by atoms with E-state index in [-0.39, 0.29) is 29.6 Å². The Kier molecular flexibility index (Phi) is 6.80. The Balaban J connectivity index is 0.00000169. The fraction of sp³-hybridized carbons (Fsp3) is 0.250. The number of rotatable bonds is 3. The smallest absolute Gasteiger partial charge is 0.691 e. The zero-order chi connectivity index (χ0) is 9.84. The molecule has 0 unspecified atom stereocenters. The summed E-state index contributed by atoms with van der Waals surface area (Å²) in [5, 5.41) is 12.8. The molecule has 72 valence electrons. The Bertz CT molecular complexity index is 309. The van der Waals surface area contributed by atoms with Crippen molar-refractivity contribution < 1.29 is 44.2 Å². The minimum absolute atomic E-state index is 0. The molecular weight excluding hydrogens is 213 g/mol. The summed E-state index contributed by atoms with van der Waals surface area (Å²) in [6.07, 6.45) is 0. The van der Waals surface area contributed by atoms with Crippen molar-refractivity contribution in [1.29, 1.82) is 0 Å². The molecule has 0 aromatic heterocycles. The van der Waals surface area contributed by atoms with Crippen LogP contribution < -0.4 is 40.5 Å². The average Bonchev–Trinajstić information content (AvgIpc) is 2.09. The molecule has 4 nitrogen and oxygen atoms in total. The quantitative estimate of drug-likeness (QED) is 0.213. The molecule has 0 atom stereocenters. The Morgan fingerprint density at radius 1 is 1.29 bits per heavy atom. The zero-order valence-electron chi connectivity index (χ0n) is 8.37. The zero-order valence-corrected chi connectivity index (χ0v) is 11.2. The van der Waals surface area contributed by atoms with E-state index in [0.29, 0.717) is 5.69 Å². The fourth-order valence-corrected chi connectivity index (χ4v) is 1.45. The van der Waals surface area contributed by atoms with Gasteiger partial charge in [-0.3, -0.25) is 5.04 Å². The minimum atomic E-state index is 0. The number of anilines is 1. The van der Waals surface area contributed by atoms with Crippen LogP contribution in [0.3, 0.4) is 0 Å². The third-order valence-electron chi connectivity index (χ3n) is 1.72. The van der Waals surface area contributed by atoms with Crippen molar-refractivity contribution in [3.63, 3.8) is 0 Å². The summed E-state index contributed by atoms with van der Waals surface area (Å²) in [5.41, 5.74) is 8.34. The Hall–Kier alpha value is 0.250. The van der Waals surface area contributed by atoms with Crippen molar-refractivity contribution >= 4 is 17.7 Å². The maximum Gasteiger partial charge on any atom is 1.00 e. The summed E-state index contributed by atoms with van der Waals surface area (Å²) >= 11 is 0.855. The third kappa shape index (κ3) is 3.78. The van der Waals surface area contributed by atoms with E-state index in [1.54, 1.807) is 6.07 Å². The summed E-state index contributed by atoms with van der Waals surface area (Å²) in [6, 6.07) is 3.67. The molecule has 1 rings (SSSR count). The van der Waals surface area contributed by atoms with Crippen LogP contribution in [0.25, 0.3) is 0 Å². The second-order valence-corrected chi connectivity index (χ2v) is 3.44. The predicted molar refractivity (Wildman–Crippen MR) is 48.4 cm³/mol. The third-order valence-corrected chi connectivity index (χ3v) is 2.46. The Morgan fingerprint density at radius 3 is 2.50 bits per heavy atom. The van der Waals surface area contributed by atoms with E-state index in [0.717, 1.165) is 28.1 Å². The van der Waals surface area contributed by atoms with Crippen LogP contribution in [0.15, 0.2) is 17.0 Å². The van der Waals surface area contributed by atoms with Crippen LogP contribution in [0, 0.1) is 13.8 Å². The van der Waals surface area contributed by atoms with Gasteiger partial charge < -0.3 is 11.0 Å². The molecule has 14 heavy (non-hydrogen) atoms. The van der Waals surface area contributed by atoms with Crippen molar-refractivity contribution in [2.75, 3.05) is 5.73 Å². The normalized spacial score (nSPS) is 9.64. The van der Waals surface area contributed by atoms with E-state index in [1.165, 1.54) is 0 Å². The first-order chi connectivity index (χ1) is 6.15.